The fraction of sp³-hybridized carbons (Fsp3) is 0.571. The van der Waals surface area contributed by atoms with Gasteiger partial charge in [-0.3, -0.25) is 0 Å². The minimum atomic E-state index is 0.397. The molecule has 2 unspecified atom stereocenters. The Hall–Kier alpha value is -0.490. The third kappa shape index (κ3) is 2.75. The van der Waals surface area contributed by atoms with E-state index >= 15 is 0 Å². The summed E-state index contributed by atoms with van der Waals surface area (Å²) in [4.78, 5) is 0. The van der Waals surface area contributed by atoms with Crippen LogP contribution < -0.4 is 0 Å². The zero-order chi connectivity index (χ0) is 10.7. The van der Waals surface area contributed by atoms with E-state index in [4.69, 9.17) is 11.6 Å². The van der Waals surface area contributed by atoms with Gasteiger partial charge in [0, 0.05) is 5.38 Å². The average Bonchev–Trinajstić information content (AvgIpc) is 2.29. The van der Waals surface area contributed by atoms with Crippen LogP contribution in [0.3, 0.4) is 0 Å². The van der Waals surface area contributed by atoms with E-state index in [0.29, 0.717) is 11.3 Å². The van der Waals surface area contributed by atoms with E-state index in [-0.39, 0.29) is 0 Å². The third-order valence-electron chi connectivity index (χ3n) is 3.44. The zero-order valence-corrected chi connectivity index (χ0v) is 10.1. The van der Waals surface area contributed by atoms with Gasteiger partial charge >= 0.3 is 0 Å². The first-order valence-electron chi connectivity index (χ1n) is 6.02. The van der Waals surface area contributed by atoms with Crippen molar-refractivity contribution in [3.8, 4) is 0 Å². The summed E-state index contributed by atoms with van der Waals surface area (Å²) in [6.07, 6.45) is 6.09. The molecule has 0 heterocycles. The predicted molar refractivity (Wildman–Crippen MR) is 66.7 cm³/mol. The molecule has 2 atom stereocenters. The molecule has 1 aromatic carbocycles. The number of hydrogen-bond donors (Lipinski definition) is 0. The van der Waals surface area contributed by atoms with E-state index in [1.54, 1.807) is 0 Å². The molecular weight excluding hydrogens is 204 g/mol. The fourth-order valence-electron chi connectivity index (χ4n) is 2.50. The Balaban J connectivity index is 2.13. The first-order valence-corrected chi connectivity index (χ1v) is 6.46. The molecule has 0 amide bonds. The Morgan fingerprint density at radius 3 is 2.93 bits per heavy atom. The van der Waals surface area contributed by atoms with E-state index in [2.05, 4.69) is 31.2 Å². The lowest BCUT2D eigenvalue weighted by Gasteiger charge is -2.26. The molecule has 1 fully saturated rings. The van der Waals surface area contributed by atoms with Crippen molar-refractivity contribution in [3.63, 3.8) is 0 Å². The Morgan fingerprint density at radius 2 is 2.20 bits per heavy atom. The van der Waals surface area contributed by atoms with Crippen molar-refractivity contribution in [2.45, 2.75) is 50.3 Å². The molecule has 0 radical (unpaired) electrons. The summed E-state index contributed by atoms with van der Waals surface area (Å²) in [5.74, 6) is 0.702. The smallest absolute Gasteiger partial charge is 0.0341 e. The quantitative estimate of drug-likeness (QED) is 0.646. The molecule has 1 saturated carbocycles. The van der Waals surface area contributed by atoms with Crippen LogP contribution in [-0.4, -0.2) is 5.38 Å². The molecule has 1 aliphatic rings. The van der Waals surface area contributed by atoms with Crippen molar-refractivity contribution in [2.24, 2.45) is 0 Å². The van der Waals surface area contributed by atoms with E-state index in [1.165, 1.54) is 30.4 Å². The molecule has 0 saturated heterocycles. The lowest BCUT2D eigenvalue weighted by atomic mass is 9.83. The zero-order valence-electron chi connectivity index (χ0n) is 9.38. The van der Waals surface area contributed by atoms with Crippen molar-refractivity contribution in [3.05, 3.63) is 35.4 Å². The molecule has 0 bridgehead atoms. The Labute approximate surface area is 97.6 Å². The number of rotatable bonds is 2. The van der Waals surface area contributed by atoms with Crippen LogP contribution in [-0.2, 0) is 6.42 Å². The maximum Gasteiger partial charge on any atom is 0.0341 e. The molecule has 0 aliphatic heterocycles. The average molecular weight is 223 g/mol. The minimum absolute atomic E-state index is 0.397. The van der Waals surface area contributed by atoms with Gasteiger partial charge in [-0.25, -0.2) is 0 Å². The van der Waals surface area contributed by atoms with Crippen molar-refractivity contribution in [1.82, 2.24) is 0 Å². The van der Waals surface area contributed by atoms with Crippen LogP contribution in [0.1, 0.15) is 49.7 Å². The molecule has 15 heavy (non-hydrogen) atoms. The largest absolute Gasteiger partial charge is 0.123 e. The Kier molecular flexibility index (Phi) is 3.69. The summed E-state index contributed by atoms with van der Waals surface area (Å²) in [7, 11) is 0. The van der Waals surface area contributed by atoms with Crippen molar-refractivity contribution in [1.29, 1.82) is 0 Å². The molecule has 0 N–H and O–H groups in total. The van der Waals surface area contributed by atoms with Crippen molar-refractivity contribution < 1.29 is 0 Å². The van der Waals surface area contributed by atoms with E-state index in [9.17, 15) is 0 Å². The highest BCUT2D eigenvalue weighted by Gasteiger charge is 2.21. The van der Waals surface area contributed by atoms with Gasteiger partial charge < -0.3 is 0 Å². The monoisotopic (exact) mass is 222 g/mol. The summed E-state index contributed by atoms with van der Waals surface area (Å²) >= 11 is 6.23. The topological polar surface area (TPSA) is 0 Å². The molecule has 2 rings (SSSR count). The summed E-state index contributed by atoms with van der Waals surface area (Å²) in [6, 6.07) is 9.02. The standard InChI is InChI=1S/C14H19Cl/c1-2-11-5-3-6-12(9-11)13-7-4-8-14(15)10-13/h3,5-6,9,13-14H,2,4,7-8,10H2,1H3. The van der Waals surface area contributed by atoms with Gasteiger partial charge in [-0.1, -0.05) is 37.6 Å². The second kappa shape index (κ2) is 5.03. The van der Waals surface area contributed by atoms with Crippen LogP contribution >= 0.6 is 11.6 Å². The molecule has 1 aromatic rings. The van der Waals surface area contributed by atoms with Crippen LogP contribution in [0.5, 0.6) is 0 Å². The molecule has 1 heteroatoms. The van der Waals surface area contributed by atoms with Crippen LogP contribution in [0, 0.1) is 0 Å². The van der Waals surface area contributed by atoms with Gasteiger partial charge in [0.05, 0.1) is 0 Å². The fourth-order valence-corrected chi connectivity index (χ4v) is 2.87. The van der Waals surface area contributed by atoms with Gasteiger partial charge in [0.1, 0.15) is 0 Å². The van der Waals surface area contributed by atoms with Crippen LogP contribution in [0.25, 0.3) is 0 Å². The molecule has 0 aromatic heterocycles. The second-order valence-corrected chi connectivity index (χ2v) is 5.18. The van der Waals surface area contributed by atoms with Gasteiger partial charge in [0.2, 0.25) is 0 Å². The lowest BCUT2D eigenvalue weighted by Crippen LogP contribution is -2.14. The van der Waals surface area contributed by atoms with E-state index in [0.717, 1.165) is 12.8 Å². The third-order valence-corrected chi connectivity index (χ3v) is 3.84. The van der Waals surface area contributed by atoms with Gasteiger partial charge in [-0.2, -0.15) is 0 Å². The molecule has 82 valence electrons. The first kappa shape index (κ1) is 11.0. The summed E-state index contributed by atoms with van der Waals surface area (Å²) in [5, 5.41) is 0.397. The normalized spacial score (nSPS) is 26.5. The van der Waals surface area contributed by atoms with Crippen LogP contribution in [0.4, 0.5) is 0 Å². The van der Waals surface area contributed by atoms with Gasteiger partial charge in [-0.05, 0) is 42.7 Å². The summed E-state index contributed by atoms with van der Waals surface area (Å²) in [5.41, 5.74) is 2.95. The Morgan fingerprint density at radius 1 is 1.33 bits per heavy atom. The number of benzene rings is 1. The number of hydrogen-bond acceptors (Lipinski definition) is 0. The van der Waals surface area contributed by atoms with Gasteiger partial charge in [-0.15, -0.1) is 11.6 Å². The van der Waals surface area contributed by atoms with Gasteiger partial charge in [0.15, 0.2) is 0 Å². The highest BCUT2D eigenvalue weighted by molar-refractivity contribution is 6.20. The maximum absolute atomic E-state index is 6.23. The van der Waals surface area contributed by atoms with Crippen LogP contribution in [0.2, 0.25) is 0 Å². The second-order valence-electron chi connectivity index (χ2n) is 4.56. The van der Waals surface area contributed by atoms with Crippen molar-refractivity contribution in [2.75, 3.05) is 0 Å². The number of halogens is 1. The summed E-state index contributed by atoms with van der Waals surface area (Å²) < 4.78 is 0. The molecule has 0 nitrogen and oxygen atoms in total. The number of aryl methyl sites for hydroxylation is 1. The van der Waals surface area contributed by atoms with Crippen molar-refractivity contribution >= 4 is 11.6 Å². The molecule has 1 aliphatic carbocycles. The highest BCUT2D eigenvalue weighted by Crippen LogP contribution is 2.35. The van der Waals surface area contributed by atoms with E-state index < -0.39 is 0 Å². The summed E-state index contributed by atoms with van der Waals surface area (Å²) in [6.45, 7) is 2.21. The Bertz CT molecular complexity index is 319. The highest BCUT2D eigenvalue weighted by atomic mass is 35.5. The number of alkyl halides is 1. The molecule has 0 spiro atoms. The maximum atomic E-state index is 6.23. The lowest BCUT2D eigenvalue weighted by molar-refractivity contribution is 0.449. The predicted octanol–water partition coefficient (Wildman–Crippen LogP) is 4.51. The first-order chi connectivity index (χ1) is 7.29. The van der Waals surface area contributed by atoms with Gasteiger partial charge in [0.25, 0.3) is 0 Å². The van der Waals surface area contributed by atoms with Crippen LogP contribution in [0.15, 0.2) is 24.3 Å². The SMILES string of the molecule is CCc1cccc(C2CCCC(Cl)C2)c1. The molecular formula is C14H19Cl. The van der Waals surface area contributed by atoms with E-state index in [1.807, 2.05) is 0 Å². The minimum Gasteiger partial charge on any atom is -0.123 e.